The number of carbonyl (C=O) groups excluding carboxylic acids is 2. The van der Waals surface area contributed by atoms with E-state index in [1.165, 1.54) is 12.1 Å². The minimum Gasteiger partial charge on any atom is -0.508 e. The number of hydrogen-bond donors (Lipinski definition) is 3. The number of ether oxygens (including phenoxy) is 2. The van der Waals surface area contributed by atoms with Crippen LogP contribution in [0.25, 0.3) is 0 Å². The molecule has 6 nitrogen and oxygen atoms in total. The van der Waals surface area contributed by atoms with Crippen molar-refractivity contribution < 1.29 is 24.2 Å². The summed E-state index contributed by atoms with van der Waals surface area (Å²) < 4.78 is 10.7. The van der Waals surface area contributed by atoms with Crippen LogP contribution in [0, 0.1) is 12.8 Å². The van der Waals surface area contributed by atoms with E-state index in [2.05, 4.69) is 17.9 Å². The molecule has 0 aliphatic heterocycles. The van der Waals surface area contributed by atoms with Gasteiger partial charge in [0.1, 0.15) is 11.9 Å². The van der Waals surface area contributed by atoms with Gasteiger partial charge in [-0.05, 0) is 43.2 Å². The summed E-state index contributed by atoms with van der Waals surface area (Å²) in [6.07, 6.45) is -0.648. The minimum atomic E-state index is -0.582. The van der Waals surface area contributed by atoms with E-state index in [-0.39, 0.29) is 24.0 Å². The molecule has 150 valence electrons. The van der Waals surface area contributed by atoms with Gasteiger partial charge in [0, 0.05) is 11.6 Å². The number of anilines is 1. The van der Waals surface area contributed by atoms with Gasteiger partial charge in [0.05, 0.1) is 12.4 Å². The number of thiol groups is 1. The molecule has 2 atom stereocenters. The van der Waals surface area contributed by atoms with Crippen molar-refractivity contribution in [3.05, 3.63) is 59.7 Å². The second-order valence-electron chi connectivity index (χ2n) is 6.55. The average molecular weight is 404 g/mol. The first-order valence-electron chi connectivity index (χ1n) is 8.98. The zero-order valence-corrected chi connectivity index (χ0v) is 16.8. The lowest BCUT2D eigenvalue weighted by molar-refractivity contribution is -0.141. The number of phenolic OH excluding ortho intramolecular Hbond substituents is 1. The normalized spacial score (nSPS) is 12.7. The highest BCUT2D eigenvalue weighted by molar-refractivity contribution is 7.81. The van der Waals surface area contributed by atoms with E-state index in [9.17, 15) is 14.7 Å². The number of aryl methyl sites for hydroxylation is 1. The Morgan fingerprint density at radius 2 is 1.75 bits per heavy atom. The van der Waals surface area contributed by atoms with Crippen LogP contribution in [0.15, 0.2) is 48.5 Å². The van der Waals surface area contributed by atoms with Gasteiger partial charge < -0.3 is 14.6 Å². The quantitative estimate of drug-likeness (QED) is 0.447. The summed E-state index contributed by atoms with van der Waals surface area (Å²) in [6, 6.07) is 13.9. The summed E-state index contributed by atoms with van der Waals surface area (Å²) in [7, 11) is 0. The van der Waals surface area contributed by atoms with E-state index in [1.807, 2.05) is 26.0 Å². The molecule has 7 heteroatoms. The third-order valence-corrected chi connectivity index (χ3v) is 4.49. The first kappa shape index (κ1) is 21.6. The maximum atomic E-state index is 12.4. The first-order chi connectivity index (χ1) is 13.4. The molecule has 0 aliphatic carbocycles. The fourth-order valence-corrected chi connectivity index (χ4v) is 2.72. The zero-order chi connectivity index (χ0) is 20.5. The summed E-state index contributed by atoms with van der Waals surface area (Å²) in [6.45, 7) is 4.08. The number of rotatable bonds is 8. The molecular formula is C21H25NO5S. The van der Waals surface area contributed by atoms with Gasteiger partial charge in [-0.25, -0.2) is 4.79 Å². The predicted octanol–water partition coefficient (Wildman–Crippen LogP) is 4.49. The van der Waals surface area contributed by atoms with Crippen molar-refractivity contribution in [3.8, 4) is 5.75 Å². The van der Waals surface area contributed by atoms with Gasteiger partial charge in [0.15, 0.2) is 0 Å². The maximum Gasteiger partial charge on any atom is 0.412 e. The number of carbonyl (C=O) groups is 2. The summed E-state index contributed by atoms with van der Waals surface area (Å²) in [4.78, 5) is 23.7. The van der Waals surface area contributed by atoms with E-state index in [4.69, 9.17) is 9.47 Å². The van der Waals surface area contributed by atoms with Crippen LogP contribution in [-0.2, 0) is 14.3 Å². The van der Waals surface area contributed by atoms with Crippen LogP contribution in [-0.4, -0.2) is 29.5 Å². The third-order valence-electron chi connectivity index (χ3n) is 4.24. The Bertz CT molecular complexity index is 776. The highest BCUT2D eigenvalue weighted by Crippen LogP contribution is 2.30. The van der Waals surface area contributed by atoms with E-state index < -0.39 is 18.2 Å². The van der Waals surface area contributed by atoms with Gasteiger partial charge in [-0.2, -0.15) is 12.6 Å². The molecule has 0 radical (unpaired) electrons. The summed E-state index contributed by atoms with van der Waals surface area (Å²) in [5.41, 5.74) is 2.46. The molecule has 2 rings (SSSR count). The van der Waals surface area contributed by atoms with Gasteiger partial charge in [-0.3, -0.25) is 10.1 Å². The maximum absolute atomic E-state index is 12.4. The summed E-state index contributed by atoms with van der Waals surface area (Å²) in [5.74, 6) is -0.372. The van der Waals surface area contributed by atoms with Gasteiger partial charge >= 0.3 is 12.1 Å². The van der Waals surface area contributed by atoms with Gasteiger partial charge in [0.2, 0.25) is 0 Å². The molecule has 0 bridgehead atoms. The molecular weight excluding hydrogens is 378 g/mol. The Labute approximate surface area is 170 Å². The highest BCUT2D eigenvalue weighted by atomic mass is 32.1. The van der Waals surface area contributed by atoms with Crippen molar-refractivity contribution in [2.45, 2.75) is 26.4 Å². The molecule has 0 fully saturated rings. The molecule has 1 amide bonds. The van der Waals surface area contributed by atoms with Crippen LogP contribution < -0.4 is 5.32 Å². The van der Waals surface area contributed by atoms with Crippen LogP contribution in [0.3, 0.4) is 0 Å². The van der Waals surface area contributed by atoms with Crippen LogP contribution in [0.1, 0.15) is 30.6 Å². The second-order valence-corrected chi connectivity index (χ2v) is 6.87. The van der Waals surface area contributed by atoms with E-state index in [0.29, 0.717) is 12.1 Å². The molecule has 2 aromatic rings. The van der Waals surface area contributed by atoms with E-state index >= 15 is 0 Å². The Hall–Kier alpha value is -2.67. The Balaban J connectivity index is 2.06. The van der Waals surface area contributed by atoms with Crippen molar-refractivity contribution in [1.82, 2.24) is 0 Å². The van der Waals surface area contributed by atoms with E-state index in [0.717, 1.165) is 11.1 Å². The molecule has 0 saturated carbocycles. The Morgan fingerprint density at radius 1 is 1.11 bits per heavy atom. The molecule has 0 aliphatic rings. The van der Waals surface area contributed by atoms with E-state index in [1.54, 1.807) is 24.3 Å². The smallest absolute Gasteiger partial charge is 0.412 e. The topological polar surface area (TPSA) is 84.9 Å². The van der Waals surface area contributed by atoms with Crippen LogP contribution in [0.4, 0.5) is 10.5 Å². The number of hydrogen-bond acceptors (Lipinski definition) is 6. The molecule has 0 aromatic heterocycles. The number of aromatic hydroxyl groups is 1. The van der Waals surface area contributed by atoms with Crippen LogP contribution in [0.2, 0.25) is 0 Å². The lowest BCUT2D eigenvalue weighted by Crippen LogP contribution is -2.23. The number of amides is 1. The number of nitrogens with one attached hydrogen (secondary N) is 1. The monoisotopic (exact) mass is 403 g/mol. The van der Waals surface area contributed by atoms with Gasteiger partial charge in [-0.1, -0.05) is 36.8 Å². The minimum absolute atomic E-state index is 0.0191. The van der Waals surface area contributed by atoms with Crippen molar-refractivity contribution in [2.24, 2.45) is 5.92 Å². The molecule has 0 heterocycles. The summed E-state index contributed by atoms with van der Waals surface area (Å²) in [5, 5.41) is 12.2. The lowest BCUT2D eigenvalue weighted by Gasteiger charge is -2.25. The standard InChI is InChI=1S/C21H25NO5S/c1-14-3-7-17(8-4-14)22-21(25)27-20(16-5-9-18(23)10-6-16)15(2)11-12-26-19(24)13-28/h3-10,15,20,23,28H,11-13H2,1-2H3,(H,22,25)/t15-,20-/m1/s1. The molecule has 0 unspecified atom stereocenters. The van der Waals surface area contributed by atoms with Gasteiger partial charge in [0.25, 0.3) is 0 Å². The van der Waals surface area contributed by atoms with Crippen molar-refractivity contribution in [2.75, 3.05) is 17.7 Å². The van der Waals surface area contributed by atoms with Crippen LogP contribution in [0.5, 0.6) is 5.75 Å². The van der Waals surface area contributed by atoms with Gasteiger partial charge in [-0.15, -0.1) is 0 Å². The Morgan fingerprint density at radius 3 is 2.36 bits per heavy atom. The lowest BCUT2D eigenvalue weighted by atomic mass is 9.94. The SMILES string of the molecule is Cc1ccc(NC(=O)O[C@@H](c2ccc(O)cc2)[C@H](C)CCOC(=O)CS)cc1. The van der Waals surface area contributed by atoms with Crippen molar-refractivity contribution in [3.63, 3.8) is 0 Å². The predicted molar refractivity (Wildman–Crippen MR) is 111 cm³/mol. The molecule has 2 aromatic carbocycles. The Kier molecular flexibility index (Phi) is 8.19. The first-order valence-corrected chi connectivity index (χ1v) is 9.62. The molecule has 2 N–H and O–H groups in total. The fourth-order valence-electron chi connectivity index (χ4n) is 2.63. The third kappa shape index (κ3) is 6.81. The molecule has 28 heavy (non-hydrogen) atoms. The fraction of sp³-hybridized carbons (Fsp3) is 0.333. The van der Waals surface area contributed by atoms with Crippen LogP contribution >= 0.6 is 12.6 Å². The molecule has 0 saturated heterocycles. The summed E-state index contributed by atoms with van der Waals surface area (Å²) >= 11 is 3.87. The zero-order valence-electron chi connectivity index (χ0n) is 15.9. The largest absolute Gasteiger partial charge is 0.508 e. The highest BCUT2D eigenvalue weighted by Gasteiger charge is 2.24. The number of benzene rings is 2. The number of esters is 1. The average Bonchev–Trinajstić information content (AvgIpc) is 2.68. The van der Waals surface area contributed by atoms with Crippen molar-refractivity contribution >= 4 is 30.4 Å². The molecule has 0 spiro atoms. The van der Waals surface area contributed by atoms with Crippen molar-refractivity contribution in [1.29, 1.82) is 0 Å². The second kappa shape index (κ2) is 10.6. The number of phenols is 1.